The predicted octanol–water partition coefficient (Wildman–Crippen LogP) is 2.75. The maximum Gasteiger partial charge on any atom is 0.407 e. The van der Waals surface area contributed by atoms with E-state index in [1.807, 2.05) is 20.8 Å². The summed E-state index contributed by atoms with van der Waals surface area (Å²) in [6, 6.07) is 6.24. The molecule has 0 saturated carbocycles. The molecule has 0 aromatic heterocycles. The minimum Gasteiger partial charge on any atom is -0.444 e. The third-order valence-corrected chi connectivity index (χ3v) is 3.16. The lowest BCUT2D eigenvalue weighted by Gasteiger charge is -2.25. The molecule has 1 amide bonds. The predicted molar refractivity (Wildman–Crippen MR) is 74.9 cm³/mol. The standard InChI is InChI=1S/C15H21FN2O2/c1-15(2,3)20-14(19)18-12-8-9-17-13(12)10-6-4-5-7-11(10)16/h4-7,12-13,17H,8-9H2,1-3H3,(H,18,19). The number of nitrogens with one attached hydrogen (secondary N) is 2. The molecule has 2 rings (SSSR count). The smallest absolute Gasteiger partial charge is 0.407 e. The number of halogens is 1. The van der Waals surface area contributed by atoms with Gasteiger partial charge in [-0.05, 0) is 39.8 Å². The molecule has 1 aliphatic heterocycles. The number of amides is 1. The van der Waals surface area contributed by atoms with Gasteiger partial charge in [-0.15, -0.1) is 0 Å². The van der Waals surface area contributed by atoms with Crippen LogP contribution < -0.4 is 10.6 Å². The fraction of sp³-hybridized carbons (Fsp3) is 0.533. The van der Waals surface area contributed by atoms with Gasteiger partial charge in [-0.3, -0.25) is 0 Å². The SMILES string of the molecule is CC(C)(C)OC(=O)NC1CCNC1c1ccccc1F. The highest BCUT2D eigenvalue weighted by Gasteiger charge is 2.32. The molecule has 110 valence electrons. The van der Waals surface area contributed by atoms with E-state index in [9.17, 15) is 9.18 Å². The molecule has 4 nitrogen and oxygen atoms in total. The van der Waals surface area contributed by atoms with Crippen LogP contribution in [0.2, 0.25) is 0 Å². The zero-order chi connectivity index (χ0) is 14.8. The van der Waals surface area contributed by atoms with Crippen molar-refractivity contribution in [1.29, 1.82) is 0 Å². The number of benzene rings is 1. The zero-order valence-corrected chi connectivity index (χ0v) is 12.1. The van der Waals surface area contributed by atoms with Crippen molar-refractivity contribution in [2.24, 2.45) is 0 Å². The van der Waals surface area contributed by atoms with Crippen LogP contribution in [0.25, 0.3) is 0 Å². The van der Waals surface area contributed by atoms with Crippen molar-refractivity contribution in [3.05, 3.63) is 35.6 Å². The number of hydrogen-bond donors (Lipinski definition) is 2. The van der Waals surface area contributed by atoms with Gasteiger partial charge in [0.1, 0.15) is 11.4 Å². The fourth-order valence-electron chi connectivity index (χ4n) is 2.37. The Kier molecular flexibility index (Phi) is 4.28. The van der Waals surface area contributed by atoms with Crippen LogP contribution in [0.1, 0.15) is 38.8 Å². The van der Waals surface area contributed by atoms with Gasteiger partial charge in [0.05, 0.1) is 12.1 Å². The molecule has 2 unspecified atom stereocenters. The number of rotatable bonds is 2. The molecule has 1 fully saturated rings. The molecule has 1 aromatic rings. The van der Waals surface area contributed by atoms with Crippen molar-refractivity contribution in [2.45, 2.75) is 44.9 Å². The topological polar surface area (TPSA) is 50.4 Å². The lowest BCUT2D eigenvalue weighted by Crippen LogP contribution is -2.41. The molecule has 0 bridgehead atoms. The summed E-state index contributed by atoms with van der Waals surface area (Å²) in [5.41, 5.74) is 0.0370. The third kappa shape index (κ3) is 3.70. The Morgan fingerprint density at radius 2 is 2.10 bits per heavy atom. The van der Waals surface area contributed by atoms with Crippen molar-refractivity contribution >= 4 is 6.09 Å². The van der Waals surface area contributed by atoms with E-state index < -0.39 is 11.7 Å². The highest BCUT2D eigenvalue weighted by atomic mass is 19.1. The fourth-order valence-corrected chi connectivity index (χ4v) is 2.37. The number of carbonyl (C=O) groups excluding carboxylic acids is 1. The molecule has 2 atom stereocenters. The van der Waals surface area contributed by atoms with Gasteiger partial charge >= 0.3 is 6.09 Å². The highest BCUT2D eigenvalue weighted by Crippen LogP contribution is 2.26. The van der Waals surface area contributed by atoms with Gasteiger partial charge in [0.2, 0.25) is 0 Å². The van der Waals surface area contributed by atoms with Crippen LogP contribution in [-0.2, 0) is 4.74 Å². The average Bonchev–Trinajstić information content (AvgIpc) is 2.75. The summed E-state index contributed by atoms with van der Waals surface area (Å²) >= 11 is 0. The Bertz CT molecular complexity index is 485. The molecule has 0 radical (unpaired) electrons. The molecule has 1 aliphatic rings. The Morgan fingerprint density at radius 3 is 2.75 bits per heavy atom. The lowest BCUT2D eigenvalue weighted by molar-refractivity contribution is 0.0500. The van der Waals surface area contributed by atoms with Crippen molar-refractivity contribution in [1.82, 2.24) is 10.6 Å². The third-order valence-electron chi connectivity index (χ3n) is 3.16. The van der Waals surface area contributed by atoms with Gasteiger partial charge in [0, 0.05) is 5.56 Å². The first kappa shape index (κ1) is 14.8. The molecule has 1 aromatic carbocycles. The second-order valence-electron chi connectivity index (χ2n) is 5.99. The average molecular weight is 280 g/mol. The summed E-state index contributed by atoms with van der Waals surface area (Å²) < 4.78 is 19.1. The van der Waals surface area contributed by atoms with Gasteiger partial charge in [-0.25, -0.2) is 9.18 Å². The Balaban J connectivity index is 2.05. The monoisotopic (exact) mass is 280 g/mol. The molecule has 2 N–H and O–H groups in total. The van der Waals surface area contributed by atoms with Crippen molar-refractivity contribution < 1.29 is 13.9 Å². The van der Waals surface area contributed by atoms with Gasteiger partial charge in [0.15, 0.2) is 0 Å². The van der Waals surface area contributed by atoms with Crippen molar-refractivity contribution in [2.75, 3.05) is 6.54 Å². The highest BCUT2D eigenvalue weighted by molar-refractivity contribution is 5.68. The Labute approximate surface area is 118 Å². The maximum absolute atomic E-state index is 13.8. The van der Waals surface area contributed by atoms with E-state index in [1.165, 1.54) is 6.07 Å². The van der Waals surface area contributed by atoms with Crippen LogP contribution in [0.15, 0.2) is 24.3 Å². The summed E-state index contributed by atoms with van der Waals surface area (Å²) in [6.07, 6.45) is 0.283. The van der Waals surface area contributed by atoms with Crippen molar-refractivity contribution in [3.63, 3.8) is 0 Å². The Hall–Kier alpha value is -1.62. The van der Waals surface area contributed by atoms with E-state index in [-0.39, 0.29) is 17.9 Å². The van der Waals surface area contributed by atoms with Crippen LogP contribution in [0.4, 0.5) is 9.18 Å². The molecular formula is C15H21FN2O2. The second kappa shape index (κ2) is 5.79. The lowest BCUT2D eigenvalue weighted by atomic mass is 10.0. The van der Waals surface area contributed by atoms with Crippen LogP contribution in [-0.4, -0.2) is 24.3 Å². The first-order chi connectivity index (χ1) is 9.37. The Morgan fingerprint density at radius 1 is 1.40 bits per heavy atom. The van der Waals surface area contributed by atoms with Gasteiger partial charge in [-0.2, -0.15) is 0 Å². The molecule has 1 saturated heterocycles. The van der Waals surface area contributed by atoms with Crippen LogP contribution >= 0.6 is 0 Å². The molecule has 0 spiro atoms. The number of carbonyl (C=O) groups is 1. The van der Waals surface area contributed by atoms with E-state index in [4.69, 9.17) is 4.74 Å². The quantitative estimate of drug-likeness (QED) is 0.876. The minimum atomic E-state index is -0.538. The maximum atomic E-state index is 13.8. The normalized spacial score (nSPS) is 22.6. The molecule has 20 heavy (non-hydrogen) atoms. The van der Waals surface area contributed by atoms with Crippen LogP contribution in [0.5, 0.6) is 0 Å². The zero-order valence-electron chi connectivity index (χ0n) is 12.1. The molecule has 5 heteroatoms. The molecule has 1 heterocycles. The number of hydrogen-bond acceptors (Lipinski definition) is 3. The summed E-state index contributed by atoms with van der Waals surface area (Å²) in [6.45, 7) is 6.18. The van der Waals surface area contributed by atoms with Gasteiger partial charge in [0.25, 0.3) is 0 Å². The van der Waals surface area contributed by atoms with Gasteiger partial charge < -0.3 is 15.4 Å². The summed E-state index contributed by atoms with van der Waals surface area (Å²) in [4.78, 5) is 11.8. The number of alkyl carbamates (subject to hydrolysis) is 1. The van der Waals surface area contributed by atoms with Crippen LogP contribution in [0, 0.1) is 5.82 Å². The summed E-state index contributed by atoms with van der Waals surface area (Å²) in [5, 5.41) is 6.04. The first-order valence-electron chi connectivity index (χ1n) is 6.84. The largest absolute Gasteiger partial charge is 0.444 e. The van der Waals surface area contributed by atoms with Gasteiger partial charge in [-0.1, -0.05) is 18.2 Å². The van der Waals surface area contributed by atoms with Crippen molar-refractivity contribution in [3.8, 4) is 0 Å². The van der Waals surface area contributed by atoms with E-state index >= 15 is 0 Å². The van der Waals surface area contributed by atoms with E-state index in [0.717, 1.165) is 13.0 Å². The second-order valence-corrected chi connectivity index (χ2v) is 5.99. The summed E-state index contributed by atoms with van der Waals surface area (Å²) in [5.74, 6) is -0.261. The molecular weight excluding hydrogens is 259 g/mol. The van der Waals surface area contributed by atoms with E-state index in [1.54, 1.807) is 18.2 Å². The first-order valence-corrected chi connectivity index (χ1v) is 6.84. The van der Waals surface area contributed by atoms with Crippen LogP contribution in [0.3, 0.4) is 0 Å². The summed E-state index contributed by atoms with van der Waals surface area (Å²) in [7, 11) is 0. The molecule has 0 aliphatic carbocycles. The minimum absolute atomic E-state index is 0.165. The van der Waals surface area contributed by atoms with E-state index in [0.29, 0.717) is 5.56 Å². The van der Waals surface area contributed by atoms with E-state index in [2.05, 4.69) is 10.6 Å². The number of ether oxygens (including phenoxy) is 1.